The van der Waals surface area contributed by atoms with Gasteiger partial charge in [-0.1, -0.05) is 11.6 Å². The molecule has 18 heavy (non-hydrogen) atoms. The van der Waals surface area contributed by atoms with Crippen molar-refractivity contribution in [3.05, 3.63) is 11.5 Å². The number of nitrogens with zero attached hydrogens (tertiary/aromatic N) is 3. The van der Waals surface area contributed by atoms with Crippen LogP contribution in [-0.4, -0.2) is 43.8 Å². The van der Waals surface area contributed by atoms with Gasteiger partial charge in [-0.05, 0) is 18.8 Å². The fourth-order valence-corrected chi connectivity index (χ4v) is 1.92. The Balaban J connectivity index is 1.86. The first kappa shape index (κ1) is 13.4. The van der Waals surface area contributed by atoms with Gasteiger partial charge in [0, 0.05) is 27.2 Å². The van der Waals surface area contributed by atoms with E-state index in [1.165, 1.54) is 19.2 Å². The van der Waals surface area contributed by atoms with Crippen molar-refractivity contribution in [3.8, 4) is 0 Å². The summed E-state index contributed by atoms with van der Waals surface area (Å²) in [5, 5.41) is 3.46. The lowest BCUT2D eigenvalue weighted by atomic mass is 10.4. The number of halogens is 1. The van der Waals surface area contributed by atoms with Crippen LogP contribution >= 0.6 is 11.6 Å². The van der Waals surface area contributed by atoms with Crippen molar-refractivity contribution < 1.29 is 4.74 Å². The number of nitrogens with one attached hydrogen (secondary N) is 1. The van der Waals surface area contributed by atoms with Gasteiger partial charge in [0.05, 0.1) is 6.61 Å². The van der Waals surface area contributed by atoms with Gasteiger partial charge in [0.15, 0.2) is 11.0 Å². The summed E-state index contributed by atoms with van der Waals surface area (Å²) in [5.41, 5.74) is 0.754. The summed E-state index contributed by atoms with van der Waals surface area (Å²) >= 11 is 6.01. The van der Waals surface area contributed by atoms with Crippen LogP contribution in [0.15, 0.2) is 6.33 Å². The molecule has 1 saturated carbocycles. The molecule has 6 heteroatoms. The third kappa shape index (κ3) is 3.46. The standard InChI is InChI=1S/C12H19ClN4O/c1-14-10-11(13)15-8-16-12(10)17(2)5-6-18-7-9-3-4-9/h8-9,14H,3-7H2,1-2H3. The number of rotatable bonds is 7. The van der Waals surface area contributed by atoms with E-state index in [1.54, 1.807) is 0 Å². The van der Waals surface area contributed by atoms with Crippen LogP contribution in [0.25, 0.3) is 0 Å². The smallest absolute Gasteiger partial charge is 0.157 e. The van der Waals surface area contributed by atoms with Crippen LogP contribution in [0.5, 0.6) is 0 Å². The number of anilines is 2. The topological polar surface area (TPSA) is 50.3 Å². The van der Waals surface area contributed by atoms with Crippen LogP contribution < -0.4 is 10.2 Å². The van der Waals surface area contributed by atoms with Crippen molar-refractivity contribution in [2.45, 2.75) is 12.8 Å². The molecule has 0 radical (unpaired) electrons. The lowest BCUT2D eigenvalue weighted by Gasteiger charge is -2.21. The van der Waals surface area contributed by atoms with Gasteiger partial charge >= 0.3 is 0 Å². The Labute approximate surface area is 113 Å². The van der Waals surface area contributed by atoms with Gasteiger partial charge < -0.3 is 15.0 Å². The average Bonchev–Trinajstić information content (AvgIpc) is 3.18. The highest BCUT2D eigenvalue weighted by atomic mass is 35.5. The maximum atomic E-state index is 6.01. The van der Waals surface area contributed by atoms with Crippen molar-refractivity contribution >= 4 is 23.1 Å². The van der Waals surface area contributed by atoms with Gasteiger partial charge in [0.1, 0.15) is 12.0 Å². The Kier molecular flexibility index (Phi) is 4.60. The predicted octanol–water partition coefficient (Wildman–Crippen LogP) is 2.03. The van der Waals surface area contributed by atoms with E-state index in [4.69, 9.17) is 16.3 Å². The lowest BCUT2D eigenvalue weighted by molar-refractivity contribution is 0.131. The first-order valence-corrected chi connectivity index (χ1v) is 6.57. The van der Waals surface area contributed by atoms with E-state index in [0.29, 0.717) is 11.8 Å². The molecule has 0 amide bonds. The normalized spacial score (nSPS) is 14.6. The summed E-state index contributed by atoms with van der Waals surface area (Å²) in [6, 6.07) is 0. The zero-order valence-electron chi connectivity index (χ0n) is 10.8. The molecular formula is C12H19ClN4O. The second-order valence-corrected chi connectivity index (χ2v) is 4.91. The molecule has 1 aliphatic carbocycles. The fourth-order valence-electron chi connectivity index (χ4n) is 1.70. The zero-order chi connectivity index (χ0) is 13.0. The highest BCUT2D eigenvalue weighted by Gasteiger charge is 2.21. The molecule has 0 aliphatic heterocycles. The quantitative estimate of drug-likeness (QED) is 0.607. The van der Waals surface area contributed by atoms with Gasteiger partial charge in [0.2, 0.25) is 0 Å². The zero-order valence-corrected chi connectivity index (χ0v) is 11.6. The maximum absolute atomic E-state index is 6.01. The molecule has 0 spiro atoms. The van der Waals surface area contributed by atoms with Gasteiger partial charge in [-0.25, -0.2) is 9.97 Å². The van der Waals surface area contributed by atoms with E-state index in [1.807, 2.05) is 19.0 Å². The highest BCUT2D eigenvalue weighted by Crippen LogP contribution is 2.29. The van der Waals surface area contributed by atoms with Crippen LogP contribution in [0.1, 0.15) is 12.8 Å². The van der Waals surface area contributed by atoms with Gasteiger partial charge in [-0.15, -0.1) is 0 Å². The van der Waals surface area contributed by atoms with Crippen molar-refractivity contribution in [3.63, 3.8) is 0 Å². The lowest BCUT2D eigenvalue weighted by Crippen LogP contribution is -2.25. The van der Waals surface area contributed by atoms with Crippen molar-refractivity contribution in [1.29, 1.82) is 0 Å². The van der Waals surface area contributed by atoms with Crippen LogP contribution in [0.4, 0.5) is 11.5 Å². The summed E-state index contributed by atoms with van der Waals surface area (Å²) < 4.78 is 5.61. The molecular weight excluding hydrogens is 252 g/mol. The first-order valence-electron chi connectivity index (χ1n) is 6.19. The molecule has 1 aromatic rings. The van der Waals surface area contributed by atoms with Gasteiger partial charge in [0.25, 0.3) is 0 Å². The minimum Gasteiger partial charge on any atom is -0.383 e. The molecule has 0 aromatic carbocycles. The van der Waals surface area contributed by atoms with E-state index in [2.05, 4.69) is 15.3 Å². The molecule has 2 rings (SSSR count). The Morgan fingerprint density at radius 2 is 2.28 bits per heavy atom. The second-order valence-electron chi connectivity index (χ2n) is 4.55. The maximum Gasteiger partial charge on any atom is 0.157 e. The first-order chi connectivity index (χ1) is 8.72. The number of hydrogen-bond acceptors (Lipinski definition) is 5. The molecule has 100 valence electrons. The van der Waals surface area contributed by atoms with Crippen LogP contribution in [0.3, 0.4) is 0 Å². The number of hydrogen-bond donors (Lipinski definition) is 1. The molecule has 1 N–H and O–H groups in total. The average molecular weight is 271 g/mol. The molecule has 0 bridgehead atoms. The Morgan fingerprint density at radius 1 is 1.50 bits per heavy atom. The van der Waals surface area contributed by atoms with Crippen LogP contribution in [0, 0.1) is 5.92 Å². The van der Waals surface area contributed by atoms with Crippen LogP contribution in [-0.2, 0) is 4.74 Å². The molecule has 0 saturated heterocycles. The SMILES string of the molecule is CNc1c(Cl)ncnc1N(C)CCOCC1CC1. The summed E-state index contributed by atoms with van der Waals surface area (Å²) in [4.78, 5) is 10.2. The molecule has 5 nitrogen and oxygen atoms in total. The van der Waals surface area contributed by atoms with E-state index in [0.717, 1.165) is 30.6 Å². The molecule has 1 heterocycles. The summed E-state index contributed by atoms with van der Waals surface area (Å²) in [7, 11) is 3.78. The fraction of sp³-hybridized carbons (Fsp3) is 0.667. The minimum atomic E-state index is 0.438. The molecule has 1 aromatic heterocycles. The van der Waals surface area contributed by atoms with E-state index in [9.17, 15) is 0 Å². The summed E-state index contributed by atoms with van der Waals surface area (Å²) in [6.07, 6.45) is 4.11. The number of ether oxygens (including phenoxy) is 1. The van der Waals surface area contributed by atoms with Crippen molar-refractivity contribution in [2.24, 2.45) is 5.92 Å². The highest BCUT2D eigenvalue weighted by molar-refractivity contribution is 6.32. The minimum absolute atomic E-state index is 0.438. The number of likely N-dealkylation sites (N-methyl/N-ethyl adjacent to an activating group) is 1. The summed E-state index contributed by atoms with van der Waals surface area (Å²) in [5.74, 6) is 1.60. The summed E-state index contributed by atoms with van der Waals surface area (Å²) in [6.45, 7) is 2.38. The Morgan fingerprint density at radius 3 is 2.94 bits per heavy atom. The monoisotopic (exact) mass is 270 g/mol. The Hall–Kier alpha value is -1.07. The number of aromatic nitrogens is 2. The molecule has 0 atom stereocenters. The third-order valence-electron chi connectivity index (χ3n) is 3.01. The van der Waals surface area contributed by atoms with Crippen molar-refractivity contribution in [1.82, 2.24) is 9.97 Å². The Bertz CT molecular complexity index is 398. The van der Waals surface area contributed by atoms with Crippen molar-refractivity contribution in [2.75, 3.05) is 44.1 Å². The van der Waals surface area contributed by atoms with E-state index in [-0.39, 0.29) is 0 Å². The van der Waals surface area contributed by atoms with Crippen LogP contribution in [0.2, 0.25) is 5.15 Å². The van der Waals surface area contributed by atoms with E-state index < -0.39 is 0 Å². The van der Waals surface area contributed by atoms with Gasteiger partial charge in [-0.3, -0.25) is 0 Å². The second kappa shape index (κ2) is 6.20. The van der Waals surface area contributed by atoms with E-state index >= 15 is 0 Å². The largest absolute Gasteiger partial charge is 0.383 e. The molecule has 1 aliphatic rings. The molecule has 0 unspecified atom stereocenters. The molecule has 1 fully saturated rings. The predicted molar refractivity (Wildman–Crippen MR) is 73.4 cm³/mol. The third-order valence-corrected chi connectivity index (χ3v) is 3.30. The van der Waals surface area contributed by atoms with Gasteiger partial charge in [-0.2, -0.15) is 0 Å².